The Kier molecular flexibility index (Phi) is 4.15. The molecule has 0 saturated carbocycles. The molecule has 1 aromatic rings. The lowest BCUT2D eigenvalue weighted by molar-refractivity contribution is 0.0761. The van der Waals surface area contributed by atoms with Gasteiger partial charge < -0.3 is 15.0 Å². The highest BCUT2D eigenvalue weighted by Crippen LogP contribution is 2.18. The molecule has 0 bridgehead atoms. The molecule has 1 N–H and O–H groups in total. The van der Waals surface area contributed by atoms with Crippen LogP contribution in [0.5, 0.6) is 5.75 Å². The van der Waals surface area contributed by atoms with Crippen LogP contribution in [0.3, 0.4) is 0 Å². The van der Waals surface area contributed by atoms with Crippen molar-refractivity contribution in [1.29, 1.82) is 0 Å². The van der Waals surface area contributed by atoms with Gasteiger partial charge in [-0.2, -0.15) is 0 Å². The number of benzene rings is 1. The molecule has 0 spiro atoms. The summed E-state index contributed by atoms with van der Waals surface area (Å²) in [7, 11) is 1.47. The maximum Gasteiger partial charge on any atom is 0.256 e. The van der Waals surface area contributed by atoms with Gasteiger partial charge in [-0.05, 0) is 25.1 Å². The van der Waals surface area contributed by atoms with E-state index in [-0.39, 0.29) is 11.5 Å². The SMILES string of the molecule is COc1ccc(C(=O)N2CCCNCC2)c(F)c1. The van der Waals surface area contributed by atoms with Crippen molar-refractivity contribution in [2.75, 3.05) is 33.3 Å². The number of methoxy groups -OCH3 is 1. The molecule has 5 heteroatoms. The predicted molar refractivity (Wildman–Crippen MR) is 66.3 cm³/mol. The molecular formula is C13H17FN2O2. The van der Waals surface area contributed by atoms with E-state index in [0.717, 1.165) is 19.5 Å². The molecule has 4 nitrogen and oxygen atoms in total. The van der Waals surface area contributed by atoms with Gasteiger partial charge in [-0.15, -0.1) is 0 Å². The maximum absolute atomic E-state index is 13.8. The molecule has 1 saturated heterocycles. The van der Waals surface area contributed by atoms with Crippen LogP contribution in [0.25, 0.3) is 0 Å². The number of carbonyl (C=O) groups is 1. The monoisotopic (exact) mass is 252 g/mol. The number of hydrogen-bond donors (Lipinski definition) is 1. The van der Waals surface area contributed by atoms with Crippen molar-refractivity contribution in [3.63, 3.8) is 0 Å². The Morgan fingerprint density at radius 1 is 1.39 bits per heavy atom. The third-order valence-corrected chi connectivity index (χ3v) is 3.03. The van der Waals surface area contributed by atoms with Gasteiger partial charge in [0.15, 0.2) is 0 Å². The van der Waals surface area contributed by atoms with E-state index in [1.165, 1.54) is 19.2 Å². The van der Waals surface area contributed by atoms with E-state index in [2.05, 4.69) is 5.32 Å². The standard InChI is InChI=1S/C13H17FN2O2/c1-18-10-3-4-11(12(14)9-10)13(17)16-7-2-5-15-6-8-16/h3-4,9,15H,2,5-8H2,1H3. The number of carbonyl (C=O) groups excluding carboxylic acids is 1. The summed E-state index contributed by atoms with van der Waals surface area (Å²) in [5.41, 5.74) is 0.109. The minimum Gasteiger partial charge on any atom is -0.497 e. The number of halogens is 1. The zero-order valence-electron chi connectivity index (χ0n) is 10.4. The molecule has 1 aromatic carbocycles. The molecule has 0 aromatic heterocycles. The van der Waals surface area contributed by atoms with Crippen molar-refractivity contribution >= 4 is 5.91 Å². The van der Waals surface area contributed by atoms with Crippen molar-refractivity contribution in [3.8, 4) is 5.75 Å². The molecule has 1 aliphatic rings. The summed E-state index contributed by atoms with van der Waals surface area (Å²) in [5, 5.41) is 3.21. The van der Waals surface area contributed by atoms with Gasteiger partial charge in [-0.25, -0.2) is 4.39 Å². The molecule has 1 fully saturated rings. The van der Waals surface area contributed by atoms with E-state index in [1.54, 1.807) is 11.0 Å². The number of nitrogens with one attached hydrogen (secondary N) is 1. The normalized spacial score (nSPS) is 16.2. The molecule has 1 aliphatic heterocycles. The first-order chi connectivity index (χ1) is 8.72. The summed E-state index contributed by atoms with van der Waals surface area (Å²) in [4.78, 5) is 13.9. The highest BCUT2D eigenvalue weighted by atomic mass is 19.1. The topological polar surface area (TPSA) is 41.6 Å². The number of rotatable bonds is 2. The summed E-state index contributed by atoms with van der Waals surface area (Å²) in [6, 6.07) is 4.32. The van der Waals surface area contributed by atoms with Crippen LogP contribution in [0.4, 0.5) is 4.39 Å². The van der Waals surface area contributed by atoms with Crippen molar-refractivity contribution in [1.82, 2.24) is 10.2 Å². The van der Waals surface area contributed by atoms with E-state index in [4.69, 9.17) is 4.74 Å². The Morgan fingerprint density at radius 2 is 2.22 bits per heavy atom. The first kappa shape index (κ1) is 12.8. The Morgan fingerprint density at radius 3 is 2.94 bits per heavy atom. The Hall–Kier alpha value is -1.62. The summed E-state index contributed by atoms with van der Waals surface area (Å²) >= 11 is 0. The lowest BCUT2D eigenvalue weighted by atomic mass is 10.1. The largest absolute Gasteiger partial charge is 0.497 e. The molecule has 0 atom stereocenters. The van der Waals surface area contributed by atoms with Gasteiger partial charge in [0.2, 0.25) is 0 Å². The molecule has 0 radical (unpaired) electrons. The second-order valence-electron chi connectivity index (χ2n) is 4.24. The van der Waals surface area contributed by atoms with Gasteiger partial charge >= 0.3 is 0 Å². The minimum absolute atomic E-state index is 0.109. The van der Waals surface area contributed by atoms with Gasteiger partial charge in [-0.3, -0.25) is 4.79 Å². The van der Waals surface area contributed by atoms with E-state index in [0.29, 0.717) is 18.8 Å². The molecule has 98 valence electrons. The Labute approximate surface area is 106 Å². The van der Waals surface area contributed by atoms with Gasteiger partial charge in [0, 0.05) is 25.7 Å². The number of nitrogens with zero attached hydrogens (tertiary/aromatic N) is 1. The Bertz CT molecular complexity index is 429. The van der Waals surface area contributed by atoms with Crippen LogP contribution in [0, 0.1) is 5.82 Å². The average Bonchev–Trinajstić information content (AvgIpc) is 2.66. The molecule has 1 amide bonds. The highest BCUT2D eigenvalue weighted by molar-refractivity contribution is 5.94. The fraction of sp³-hybridized carbons (Fsp3) is 0.462. The summed E-state index contributed by atoms with van der Waals surface area (Å²) in [6.45, 7) is 2.93. The summed E-state index contributed by atoms with van der Waals surface area (Å²) in [5.74, 6) is -0.364. The van der Waals surface area contributed by atoms with E-state index >= 15 is 0 Å². The second kappa shape index (κ2) is 5.82. The quantitative estimate of drug-likeness (QED) is 0.862. The first-order valence-corrected chi connectivity index (χ1v) is 6.06. The van der Waals surface area contributed by atoms with Gasteiger partial charge in [0.05, 0.1) is 12.7 Å². The molecule has 0 aliphatic carbocycles. The zero-order valence-corrected chi connectivity index (χ0v) is 10.4. The molecule has 2 rings (SSSR count). The van der Waals surface area contributed by atoms with Crippen LogP contribution in [-0.4, -0.2) is 44.1 Å². The van der Waals surface area contributed by atoms with Crippen molar-refractivity contribution in [2.24, 2.45) is 0 Å². The van der Waals surface area contributed by atoms with Crippen LogP contribution >= 0.6 is 0 Å². The van der Waals surface area contributed by atoms with Crippen LogP contribution in [0.2, 0.25) is 0 Å². The summed E-state index contributed by atoms with van der Waals surface area (Å²) < 4.78 is 18.7. The predicted octanol–water partition coefficient (Wildman–Crippen LogP) is 1.27. The third kappa shape index (κ3) is 2.79. The van der Waals surface area contributed by atoms with Crippen molar-refractivity contribution < 1.29 is 13.9 Å². The molecule has 1 heterocycles. The maximum atomic E-state index is 13.8. The fourth-order valence-corrected chi connectivity index (χ4v) is 2.02. The van der Waals surface area contributed by atoms with E-state index < -0.39 is 5.82 Å². The molecule has 18 heavy (non-hydrogen) atoms. The Balaban J connectivity index is 2.16. The van der Waals surface area contributed by atoms with E-state index in [1.807, 2.05) is 0 Å². The van der Waals surface area contributed by atoms with Crippen molar-refractivity contribution in [3.05, 3.63) is 29.6 Å². The fourth-order valence-electron chi connectivity index (χ4n) is 2.02. The van der Waals surface area contributed by atoms with Gasteiger partial charge in [0.25, 0.3) is 5.91 Å². The number of ether oxygens (including phenoxy) is 1. The van der Waals surface area contributed by atoms with Gasteiger partial charge in [0.1, 0.15) is 11.6 Å². The smallest absolute Gasteiger partial charge is 0.256 e. The second-order valence-corrected chi connectivity index (χ2v) is 4.24. The van der Waals surface area contributed by atoms with Crippen LogP contribution in [0.1, 0.15) is 16.8 Å². The highest BCUT2D eigenvalue weighted by Gasteiger charge is 2.20. The van der Waals surface area contributed by atoms with E-state index in [9.17, 15) is 9.18 Å². The lowest BCUT2D eigenvalue weighted by Crippen LogP contribution is -2.34. The molecular weight excluding hydrogens is 235 g/mol. The minimum atomic E-state index is -0.531. The average molecular weight is 252 g/mol. The number of amides is 1. The van der Waals surface area contributed by atoms with Crippen LogP contribution in [0.15, 0.2) is 18.2 Å². The zero-order chi connectivity index (χ0) is 13.0. The number of hydrogen-bond acceptors (Lipinski definition) is 3. The van der Waals surface area contributed by atoms with Crippen LogP contribution in [-0.2, 0) is 0 Å². The summed E-state index contributed by atoms with van der Waals surface area (Å²) in [6.07, 6.45) is 0.892. The third-order valence-electron chi connectivity index (χ3n) is 3.03. The molecule has 0 unspecified atom stereocenters. The van der Waals surface area contributed by atoms with Crippen LogP contribution < -0.4 is 10.1 Å². The lowest BCUT2D eigenvalue weighted by Gasteiger charge is -2.20. The first-order valence-electron chi connectivity index (χ1n) is 6.06. The van der Waals surface area contributed by atoms with Crippen molar-refractivity contribution in [2.45, 2.75) is 6.42 Å². The van der Waals surface area contributed by atoms with Gasteiger partial charge in [-0.1, -0.05) is 0 Å².